The Kier molecular flexibility index (Phi) is 4.94. The molecular weight excluding hydrogens is 403 g/mol. The largest absolute Gasteiger partial charge is 0.482 e. The zero-order valence-electron chi connectivity index (χ0n) is 13.5. The Morgan fingerprint density at radius 3 is 2.78 bits per heavy atom. The monoisotopic (exact) mass is 414 g/mol. The van der Waals surface area contributed by atoms with Crippen molar-refractivity contribution in [3.63, 3.8) is 0 Å². The van der Waals surface area contributed by atoms with Gasteiger partial charge in [0, 0.05) is 0 Å². The Hall–Kier alpha value is -2.85. The van der Waals surface area contributed by atoms with E-state index in [4.69, 9.17) is 21.4 Å². The van der Waals surface area contributed by atoms with Gasteiger partial charge in [-0.3, -0.25) is 19.2 Å². The van der Waals surface area contributed by atoms with Gasteiger partial charge in [-0.15, -0.1) is 0 Å². The second kappa shape index (κ2) is 7.05. The van der Waals surface area contributed by atoms with Crippen LogP contribution in [0.15, 0.2) is 41.3 Å². The van der Waals surface area contributed by atoms with Crippen LogP contribution in [0.3, 0.4) is 0 Å². The van der Waals surface area contributed by atoms with Crippen LogP contribution in [0.25, 0.3) is 0 Å². The van der Waals surface area contributed by atoms with E-state index < -0.39 is 34.3 Å². The number of fused-ring (bicyclic) bond motifs is 1. The summed E-state index contributed by atoms with van der Waals surface area (Å²) in [5.74, 6) is -2.69. The van der Waals surface area contributed by atoms with E-state index in [0.29, 0.717) is 0 Å². The van der Waals surface area contributed by atoms with Gasteiger partial charge < -0.3 is 9.84 Å². The lowest BCUT2D eigenvalue weighted by Crippen LogP contribution is -2.42. The lowest BCUT2D eigenvalue weighted by atomic mass is 10.2. The SMILES string of the molecule is O=C(O)CN1C(=O)COc2ccc(S(=O)(=O)Nc3cccc(Cl)c3F)cc21. The molecule has 1 heterocycles. The minimum absolute atomic E-state index is 0.0110. The lowest BCUT2D eigenvalue weighted by Gasteiger charge is -2.28. The number of hydrogen-bond donors (Lipinski definition) is 2. The topological polar surface area (TPSA) is 113 Å². The number of amides is 1. The summed E-state index contributed by atoms with van der Waals surface area (Å²) in [6, 6.07) is 7.40. The minimum Gasteiger partial charge on any atom is -0.482 e. The molecule has 0 radical (unpaired) electrons. The van der Waals surface area contributed by atoms with Gasteiger partial charge in [-0.2, -0.15) is 0 Å². The number of hydrogen-bond acceptors (Lipinski definition) is 5. The third-order valence-corrected chi connectivity index (χ3v) is 5.33. The number of carboxylic acids is 1. The Bertz CT molecular complexity index is 1040. The molecule has 0 unspecified atom stereocenters. The fourth-order valence-electron chi connectivity index (χ4n) is 2.44. The molecule has 0 saturated carbocycles. The van der Waals surface area contributed by atoms with Crippen LogP contribution < -0.4 is 14.4 Å². The number of carboxylic acid groups (broad SMARTS) is 1. The predicted molar refractivity (Wildman–Crippen MR) is 94.1 cm³/mol. The summed E-state index contributed by atoms with van der Waals surface area (Å²) in [6.07, 6.45) is 0. The van der Waals surface area contributed by atoms with E-state index in [1.54, 1.807) is 0 Å². The van der Waals surface area contributed by atoms with E-state index in [0.717, 1.165) is 11.0 Å². The molecule has 11 heteroatoms. The second-order valence-corrected chi connectivity index (χ2v) is 7.59. The van der Waals surface area contributed by atoms with Crippen molar-refractivity contribution in [3.8, 4) is 5.75 Å². The van der Waals surface area contributed by atoms with Gasteiger partial charge in [0.1, 0.15) is 12.3 Å². The molecule has 3 rings (SSSR count). The molecule has 142 valence electrons. The van der Waals surface area contributed by atoms with E-state index in [1.165, 1.54) is 30.3 Å². The molecule has 0 saturated heterocycles. The number of benzene rings is 2. The zero-order valence-corrected chi connectivity index (χ0v) is 15.1. The second-order valence-electron chi connectivity index (χ2n) is 5.50. The number of carbonyl (C=O) groups excluding carboxylic acids is 1. The average molecular weight is 415 g/mol. The minimum atomic E-state index is -4.25. The third-order valence-electron chi connectivity index (χ3n) is 3.67. The van der Waals surface area contributed by atoms with Crippen LogP contribution in [0.4, 0.5) is 15.8 Å². The van der Waals surface area contributed by atoms with Gasteiger partial charge in [0.25, 0.3) is 15.9 Å². The van der Waals surface area contributed by atoms with E-state index in [2.05, 4.69) is 4.72 Å². The zero-order chi connectivity index (χ0) is 19.8. The molecule has 1 aliphatic rings. The number of anilines is 2. The number of sulfonamides is 1. The Labute approximate surface area is 158 Å². The van der Waals surface area contributed by atoms with Crippen LogP contribution in [0.2, 0.25) is 5.02 Å². The molecule has 2 aromatic carbocycles. The Morgan fingerprint density at radius 1 is 1.33 bits per heavy atom. The quantitative estimate of drug-likeness (QED) is 0.774. The number of aliphatic carboxylic acids is 1. The molecule has 1 amide bonds. The van der Waals surface area contributed by atoms with Gasteiger partial charge in [-0.25, -0.2) is 12.8 Å². The van der Waals surface area contributed by atoms with Crippen molar-refractivity contribution in [2.75, 3.05) is 22.8 Å². The first-order valence-electron chi connectivity index (χ1n) is 7.45. The number of halogens is 2. The van der Waals surface area contributed by atoms with E-state index in [-0.39, 0.29) is 33.6 Å². The number of ether oxygens (including phenoxy) is 1. The van der Waals surface area contributed by atoms with Gasteiger partial charge >= 0.3 is 5.97 Å². The van der Waals surface area contributed by atoms with E-state index >= 15 is 0 Å². The first kappa shape index (κ1) is 18.9. The third kappa shape index (κ3) is 3.81. The molecule has 0 aromatic heterocycles. The van der Waals surface area contributed by atoms with Gasteiger partial charge in [0.05, 0.1) is 21.3 Å². The molecule has 0 atom stereocenters. The van der Waals surface area contributed by atoms with Crippen LogP contribution in [0.5, 0.6) is 5.75 Å². The van der Waals surface area contributed by atoms with Crippen LogP contribution in [-0.4, -0.2) is 38.6 Å². The predicted octanol–water partition coefficient (Wildman–Crippen LogP) is 2.09. The normalized spacial score (nSPS) is 13.7. The van der Waals surface area contributed by atoms with Crippen molar-refractivity contribution >= 4 is 44.9 Å². The average Bonchev–Trinajstić information content (AvgIpc) is 2.60. The highest BCUT2D eigenvalue weighted by atomic mass is 35.5. The summed E-state index contributed by atoms with van der Waals surface area (Å²) in [5, 5.41) is 8.71. The summed E-state index contributed by atoms with van der Waals surface area (Å²) < 4.78 is 46.4. The van der Waals surface area contributed by atoms with Crippen LogP contribution in [-0.2, 0) is 19.6 Å². The molecule has 0 aliphatic carbocycles. The summed E-state index contributed by atoms with van der Waals surface area (Å²) in [5.41, 5.74) is -0.363. The lowest BCUT2D eigenvalue weighted by molar-refractivity contribution is -0.137. The van der Waals surface area contributed by atoms with Crippen molar-refractivity contribution < 1.29 is 32.2 Å². The maximum absolute atomic E-state index is 14.0. The summed E-state index contributed by atoms with van der Waals surface area (Å²) in [7, 11) is -4.25. The maximum Gasteiger partial charge on any atom is 0.323 e. The summed E-state index contributed by atoms with van der Waals surface area (Å²) in [4.78, 5) is 23.5. The van der Waals surface area contributed by atoms with Crippen molar-refractivity contribution in [1.29, 1.82) is 0 Å². The summed E-state index contributed by atoms with van der Waals surface area (Å²) >= 11 is 5.64. The molecule has 0 fully saturated rings. The molecule has 2 aromatic rings. The number of nitrogens with one attached hydrogen (secondary N) is 1. The Morgan fingerprint density at radius 2 is 2.07 bits per heavy atom. The molecule has 1 aliphatic heterocycles. The van der Waals surface area contributed by atoms with Crippen LogP contribution in [0.1, 0.15) is 0 Å². The van der Waals surface area contributed by atoms with Gasteiger partial charge in [0.15, 0.2) is 12.4 Å². The fourth-order valence-corrected chi connectivity index (χ4v) is 3.70. The highest BCUT2D eigenvalue weighted by molar-refractivity contribution is 7.92. The van der Waals surface area contributed by atoms with E-state index in [1.807, 2.05) is 0 Å². The van der Waals surface area contributed by atoms with E-state index in [9.17, 15) is 22.4 Å². The fraction of sp³-hybridized carbons (Fsp3) is 0.125. The molecular formula is C16H12ClFN2O6S. The smallest absolute Gasteiger partial charge is 0.323 e. The molecule has 2 N–H and O–H groups in total. The highest BCUT2D eigenvalue weighted by Gasteiger charge is 2.29. The first-order valence-corrected chi connectivity index (χ1v) is 9.31. The first-order chi connectivity index (χ1) is 12.7. The molecule has 27 heavy (non-hydrogen) atoms. The standard InChI is InChI=1S/C16H12ClFN2O6S/c17-10-2-1-3-11(16(10)18)19-27(24,25)9-4-5-13-12(6-9)20(7-15(22)23)14(21)8-26-13/h1-6,19H,7-8H2,(H,22,23). The van der Waals surface area contributed by atoms with Crippen molar-refractivity contribution in [2.45, 2.75) is 4.90 Å². The van der Waals surface area contributed by atoms with Crippen molar-refractivity contribution in [2.24, 2.45) is 0 Å². The van der Waals surface area contributed by atoms with Gasteiger partial charge in [-0.05, 0) is 30.3 Å². The van der Waals surface area contributed by atoms with Gasteiger partial charge in [0.2, 0.25) is 0 Å². The number of carbonyl (C=O) groups is 2. The number of nitrogens with zero attached hydrogens (tertiary/aromatic N) is 1. The molecule has 8 nitrogen and oxygen atoms in total. The maximum atomic E-state index is 14.0. The molecule has 0 bridgehead atoms. The summed E-state index contributed by atoms with van der Waals surface area (Å²) in [6.45, 7) is -1.02. The van der Waals surface area contributed by atoms with Crippen molar-refractivity contribution in [1.82, 2.24) is 0 Å². The van der Waals surface area contributed by atoms with Crippen molar-refractivity contribution in [3.05, 3.63) is 47.2 Å². The van der Waals surface area contributed by atoms with Gasteiger partial charge in [-0.1, -0.05) is 17.7 Å². The Balaban J connectivity index is 2.00. The van der Waals surface area contributed by atoms with Crippen LogP contribution >= 0.6 is 11.6 Å². The molecule has 0 spiro atoms. The van der Waals surface area contributed by atoms with Crippen LogP contribution in [0, 0.1) is 5.82 Å². The number of rotatable bonds is 5. The highest BCUT2D eigenvalue weighted by Crippen LogP contribution is 2.35.